The first-order chi connectivity index (χ1) is 13.0. The lowest BCUT2D eigenvalue weighted by molar-refractivity contribution is 0.113. The van der Waals surface area contributed by atoms with Gasteiger partial charge in [-0.15, -0.1) is 0 Å². The van der Waals surface area contributed by atoms with E-state index in [1.807, 2.05) is 26.0 Å². The monoisotopic (exact) mass is 375 g/mol. The van der Waals surface area contributed by atoms with Gasteiger partial charge in [-0.25, -0.2) is 4.98 Å². The van der Waals surface area contributed by atoms with E-state index in [4.69, 9.17) is 18.6 Å². The predicted octanol–water partition coefficient (Wildman–Crippen LogP) is 2.64. The summed E-state index contributed by atoms with van der Waals surface area (Å²) in [6, 6.07) is 3.98. The van der Waals surface area contributed by atoms with Crippen LogP contribution in [0.25, 0.3) is 0 Å². The summed E-state index contributed by atoms with van der Waals surface area (Å²) in [5, 5.41) is 0. The molecule has 0 N–H and O–H groups in total. The number of oxazole rings is 1. The van der Waals surface area contributed by atoms with E-state index in [0.717, 1.165) is 67.9 Å². The number of methoxy groups -OCH3 is 3. The highest BCUT2D eigenvalue weighted by atomic mass is 16.5. The van der Waals surface area contributed by atoms with Crippen LogP contribution in [0.2, 0.25) is 0 Å². The first kappa shape index (κ1) is 19.5. The minimum atomic E-state index is 0.644. The molecule has 0 aliphatic carbocycles. The van der Waals surface area contributed by atoms with Gasteiger partial charge in [-0.3, -0.25) is 9.80 Å². The Hall–Kier alpha value is -2.25. The number of hydrogen-bond donors (Lipinski definition) is 0. The number of aryl methyl sites for hydroxylation is 2. The fraction of sp³-hybridized carbons (Fsp3) is 0.550. The van der Waals surface area contributed by atoms with Crippen LogP contribution in [0.3, 0.4) is 0 Å². The van der Waals surface area contributed by atoms with E-state index in [9.17, 15) is 0 Å². The van der Waals surface area contributed by atoms with Crippen LogP contribution in [0.1, 0.15) is 22.9 Å². The summed E-state index contributed by atoms with van der Waals surface area (Å²) >= 11 is 0. The van der Waals surface area contributed by atoms with Crippen molar-refractivity contribution in [3.8, 4) is 17.2 Å². The van der Waals surface area contributed by atoms with Gasteiger partial charge in [-0.2, -0.15) is 0 Å². The quantitative estimate of drug-likeness (QED) is 0.737. The van der Waals surface area contributed by atoms with Gasteiger partial charge in [-0.05, 0) is 19.9 Å². The van der Waals surface area contributed by atoms with Crippen molar-refractivity contribution < 1.29 is 18.6 Å². The summed E-state index contributed by atoms with van der Waals surface area (Å²) in [5.74, 6) is 3.78. The Labute approximate surface area is 160 Å². The largest absolute Gasteiger partial charge is 0.493 e. The third kappa shape index (κ3) is 4.36. The molecule has 2 aromatic rings. The highest BCUT2D eigenvalue weighted by molar-refractivity contribution is 5.55. The lowest BCUT2D eigenvalue weighted by Gasteiger charge is -2.34. The standard InChI is InChI=1S/C20H29N3O4/c1-14-15(2)27-18(21-14)13-23-10-8-22(9-11-23)12-16-6-7-17(24-3)20(26-5)19(16)25-4/h6-7H,8-13H2,1-5H3. The van der Waals surface area contributed by atoms with Gasteiger partial charge in [0.1, 0.15) is 5.76 Å². The second-order valence-corrected chi connectivity index (χ2v) is 6.79. The maximum absolute atomic E-state index is 5.71. The predicted molar refractivity (Wildman–Crippen MR) is 103 cm³/mol. The van der Waals surface area contributed by atoms with Gasteiger partial charge in [0.2, 0.25) is 11.6 Å². The van der Waals surface area contributed by atoms with Crippen LogP contribution in [0.4, 0.5) is 0 Å². The molecule has 1 fully saturated rings. The fourth-order valence-electron chi connectivity index (χ4n) is 3.43. The number of rotatable bonds is 7. The smallest absolute Gasteiger partial charge is 0.208 e. The van der Waals surface area contributed by atoms with Gasteiger partial charge in [0.05, 0.1) is 33.6 Å². The Balaban J connectivity index is 1.60. The van der Waals surface area contributed by atoms with Crippen molar-refractivity contribution in [3.05, 3.63) is 35.0 Å². The summed E-state index contributed by atoms with van der Waals surface area (Å²) in [4.78, 5) is 9.29. The molecule has 1 saturated heterocycles. The number of ether oxygens (including phenoxy) is 3. The molecular formula is C20H29N3O4. The zero-order valence-electron chi connectivity index (χ0n) is 16.9. The SMILES string of the molecule is COc1ccc(CN2CCN(Cc3nc(C)c(C)o3)CC2)c(OC)c1OC. The van der Waals surface area contributed by atoms with Crippen molar-refractivity contribution in [2.75, 3.05) is 47.5 Å². The zero-order chi connectivity index (χ0) is 19.4. The van der Waals surface area contributed by atoms with Gasteiger partial charge in [0, 0.05) is 38.3 Å². The molecule has 2 heterocycles. The van der Waals surface area contributed by atoms with E-state index in [0.29, 0.717) is 11.5 Å². The van der Waals surface area contributed by atoms with Gasteiger partial charge < -0.3 is 18.6 Å². The maximum Gasteiger partial charge on any atom is 0.208 e. The van der Waals surface area contributed by atoms with Gasteiger partial charge >= 0.3 is 0 Å². The normalized spacial score (nSPS) is 15.7. The number of nitrogens with zero attached hydrogens (tertiary/aromatic N) is 3. The first-order valence-corrected chi connectivity index (χ1v) is 9.21. The fourth-order valence-corrected chi connectivity index (χ4v) is 3.43. The Morgan fingerprint density at radius 1 is 0.889 bits per heavy atom. The van der Waals surface area contributed by atoms with Gasteiger partial charge in [-0.1, -0.05) is 6.07 Å². The molecule has 27 heavy (non-hydrogen) atoms. The molecule has 1 aromatic heterocycles. The summed E-state index contributed by atoms with van der Waals surface area (Å²) < 4.78 is 22.2. The molecule has 7 nitrogen and oxygen atoms in total. The first-order valence-electron chi connectivity index (χ1n) is 9.21. The molecule has 1 aromatic carbocycles. The average Bonchev–Trinajstić information content (AvgIpc) is 2.99. The third-order valence-electron chi connectivity index (χ3n) is 5.08. The van der Waals surface area contributed by atoms with Gasteiger partial charge in [0.15, 0.2) is 11.5 Å². The molecule has 0 unspecified atom stereocenters. The molecule has 0 amide bonds. The van der Waals surface area contributed by atoms with Gasteiger partial charge in [0.25, 0.3) is 0 Å². The van der Waals surface area contributed by atoms with E-state index >= 15 is 0 Å². The van der Waals surface area contributed by atoms with Crippen molar-refractivity contribution >= 4 is 0 Å². The van der Waals surface area contributed by atoms with Crippen molar-refractivity contribution in [2.45, 2.75) is 26.9 Å². The molecule has 3 rings (SSSR count). The molecule has 0 saturated carbocycles. The zero-order valence-corrected chi connectivity index (χ0v) is 16.9. The Morgan fingerprint density at radius 2 is 1.52 bits per heavy atom. The molecule has 1 aliphatic rings. The second kappa shape index (κ2) is 8.63. The highest BCUT2D eigenvalue weighted by Crippen LogP contribution is 2.40. The number of hydrogen-bond acceptors (Lipinski definition) is 7. The van der Waals surface area contributed by atoms with E-state index in [1.54, 1.807) is 21.3 Å². The molecule has 0 atom stereocenters. The summed E-state index contributed by atoms with van der Waals surface area (Å²) in [5.41, 5.74) is 2.08. The topological polar surface area (TPSA) is 60.2 Å². The Morgan fingerprint density at radius 3 is 2.04 bits per heavy atom. The van der Waals surface area contributed by atoms with E-state index in [2.05, 4.69) is 14.8 Å². The minimum Gasteiger partial charge on any atom is -0.493 e. The maximum atomic E-state index is 5.71. The molecule has 1 aliphatic heterocycles. The lowest BCUT2D eigenvalue weighted by Crippen LogP contribution is -2.45. The lowest BCUT2D eigenvalue weighted by atomic mass is 10.1. The van der Waals surface area contributed by atoms with Crippen LogP contribution in [-0.2, 0) is 13.1 Å². The number of aromatic nitrogens is 1. The number of piperazine rings is 1. The second-order valence-electron chi connectivity index (χ2n) is 6.79. The molecular weight excluding hydrogens is 346 g/mol. The minimum absolute atomic E-state index is 0.644. The van der Waals surface area contributed by atoms with Crippen LogP contribution < -0.4 is 14.2 Å². The Kier molecular flexibility index (Phi) is 6.23. The van der Waals surface area contributed by atoms with Crippen molar-refractivity contribution in [3.63, 3.8) is 0 Å². The van der Waals surface area contributed by atoms with E-state index < -0.39 is 0 Å². The van der Waals surface area contributed by atoms with Crippen LogP contribution >= 0.6 is 0 Å². The van der Waals surface area contributed by atoms with Crippen LogP contribution in [-0.4, -0.2) is 62.3 Å². The molecule has 0 bridgehead atoms. The highest BCUT2D eigenvalue weighted by Gasteiger charge is 2.22. The van der Waals surface area contributed by atoms with Crippen molar-refractivity contribution in [1.82, 2.24) is 14.8 Å². The average molecular weight is 375 g/mol. The summed E-state index contributed by atoms with van der Waals surface area (Å²) in [6.07, 6.45) is 0. The van der Waals surface area contributed by atoms with Crippen LogP contribution in [0.5, 0.6) is 17.2 Å². The summed E-state index contributed by atoms with van der Waals surface area (Å²) in [6.45, 7) is 9.45. The summed E-state index contributed by atoms with van der Waals surface area (Å²) in [7, 11) is 4.93. The Bertz CT molecular complexity index is 747. The van der Waals surface area contributed by atoms with E-state index in [-0.39, 0.29) is 0 Å². The molecule has 0 radical (unpaired) electrons. The van der Waals surface area contributed by atoms with Crippen molar-refractivity contribution in [2.24, 2.45) is 0 Å². The van der Waals surface area contributed by atoms with Crippen LogP contribution in [0, 0.1) is 13.8 Å². The van der Waals surface area contributed by atoms with E-state index in [1.165, 1.54) is 0 Å². The van der Waals surface area contributed by atoms with Crippen LogP contribution in [0.15, 0.2) is 16.5 Å². The molecule has 148 valence electrons. The molecule has 0 spiro atoms. The third-order valence-corrected chi connectivity index (χ3v) is 5.08. The van der Waals surface area contributed by atoms with Crippen molar-refractivity contribution in [1.29, 1.82) is 0 Å². The number of benzene rings is 1. The molecule has 7 heteroatoms.